The van der Waals surface area contributed by atoms with Crippen LogP contribution in [0.1, 0.15) is 30.9 Å². The number of methoxy groups -OCH3 is 2. The van der Waals surface area contributed by atoms with E-state index < -0.39 is 5.91 Å². The van der Waals surface area contributed by atoms with E-state index in [9.17, 15) is 4.79 Å². The van der Waals surface area contributed by atoms with E-state index in [1.54, 1.807) is 6.07 Å². The SMILES string of the molecule is C=C(C(N)=O)c1ccc(N2CCC(C)CC2)cc1Nc1ncc(OCc2c(Cl)c(OC)cc(OC)c2Cl)cn1. The molecule has 11 heteroatoms. The molecule has 4 rings (SSSR count). The Hall–Kier alpha value is -3.69. The normalized spacial score (nSPS) is 13.6. The predicted molar refractivity (Wildman–Crippen MR) is 154 cm³/mol. The summed E-state index contributed by atoms with van der Waals surface area (Å²) >= 11 is 12.9. The summed E-state index contributed by atoms with van der Waals surface area (Å²) < 4.78 is 16.4. The van der Waals surface area contributed by atoms with E-state index in [2.05, 4.69) is 33.7 Å². The molecule has 0 saturated carbocycles. The molecule has 3 aromatic rings. The number of rotatable bonds is 10. The van der Waals surface area contributed by atoms with Crippen LogP contribution in [0.25, 0.3) is 5.57 Å². The van der Waals surface area contributed by atoms with Crippen molar-refractivity contribution in [3.63, 3.8) is 0 Å². The molecule has 0 unspecified atom stereocenters. The van der Waals surface area contributed by atoms with Gasteiger partial charge in [-0.05, 0) is 30.9 Å². The lowest BCUT2D eigenvalue weighted by atomic mass is 9.98. The summed E-state index contributed by atoms with van der Waals surface area (Å²) in [6.07, 6.45) is 5.30. The highest BCUT2D eigenvalue weighted by Gasteiger charge is 2.20. The molecule has 0 atom stereocenters. The van der Waals surface area contributed by atoms with Crippen molar-refractivity contribution in [2.45, 2.75) is 26.4 Å². The van der Waals surface area contributed by atoms with Gasteiger partial charge in [-0.25, -0.2) is 9.97 Å². The van der Waals surface area contributed by atoms with Crippen LogP contribution in [0, 0.1) is 5.92 Å². The van der Waals surface area contributed by atoms with Crippen LogP contribution in [0.15, 0.2) is 43.2 Å². The second-order valence-electron chi connectivity index (χ2n) is 9.29. The number of carbonyl (C=O) groups is 1. The van der Waals surface area contributed by atoms with Gasteiger partial charge < -0.3 is 30.2 Å². The van der Waals surface area contributed by atoms with Crippen LogP contribution in [0.2, 0.25) is 10.0 Å². The van der Waals surface area contributed by atoms with Crippen LogP contribution in [-0.4, -0.2) is 43.2 Å². The van der Waals surface area contributed by atoms with Gasteiger partial charge in [-0.1, -0.05) is 42.8 Å². The topological polar surface area (TPSA) is 112 Å². The van der Waals surface area contributed by atoms with Crippen molar-refractivity contribution in [3.05, 3.63) is 64.4 Å². The molecule has 0 aliphatic carbocycles. The van der Waals surface area contributed by atoms with Crippen LogP contribution in [0.4, 0.5) is 17.3 Å². The lowest BCUT2D eigenvalue weighted by molar-refractivity contribution is -0.112. The molecule has 1 fully saturated rings. The number of halogens is 2. The average molecular weight is 572 g/mol. The minimum atomic E-state index is -0.603. The summed E-state index contributed by atoms with van der Waals surface area (Å²) in [5.41, 5.74) is 8.47. The first-order chi connectivity index (χ1) is 18.7. The molecule has 9 nitrogen and oxygen atoms in total. The van der Waals surface area contributed by atoms with Gasteiger partial charge in [0, 0.05) is 41.5 Å². The number of piperidine rings is 1. The van der Waals surface area contributed by atoms with Crippen molar-refractivity contribution in [1.29, 1.82) is 0 Å². The summed E-state index contributed by atoms with van der Waals surface area (Å²) in [5.74, 6) is 1.65. The summed E-state index contributed by atoms with van der Waals surface area (Å²) in [7, 11) is 3.01. The number of anilines is 3. The maximum absolute atomic E-state index is 11.9. The monoisotopic (exact) mass is 571 g/mol. The number of hydrogen-bond acceptors (Lipinski definition) is 8. The largest absolute Gasteiger partial charge is 0.495 e. The van der Waals surface area contributed by atoms with Crippen LogP contribution in [-0.2, 0) is 11.4 Å². The van der Waals surface area contributed by atoms with Crippen LogP contribution in [0.3, 0.4) is 0 Å². The Morgan fingerprint density at radius 1 is 1.10 bits per heavy atom. The molecule has 1 saturated heterocycles. The second-order valence-corrected chi connectivity index (χ2v) is 10.0. The number of nitrogens with one attached hydrogen (secondary N) is 1. The first-order valence-corrected chi connectivity index (χ1v) is 13.2. The zero-order valence-corrected chi connectivity index (χ0v) is 23.6. The first kappa shape index (κ1) is 28.3. The Morgan fingerprint density at radius 3 is 2.28 bits per heavy atom. The highest BCUT2D eigenvalue weighted by atomic mass is 35.5. The number of benzene rings is 2. The fourth-order valence-electron chi connectivity index (χ4n) is 4.29. The fourth-order valence-corrected chi connectivity index (χ4v) is 4.90. The molecule has 1 aliphatic heterocycles. The van der Waals surface area contributed by atoms with Gasteiger partial charge >= 0.3 is 0 Å². The minimum Gasteiger partial charge on any atom is -0.495 e. The molecule has 0 bridgehead atoms. The van der Waals surface area contributed by atoms with Crippen molar-refractivity contribution in [2.75, 3.05) is 37.5 Å². The summed E-state index contributed by atoms with van der Waals surface area (Å²) in [5, 5.41) is 3.85. The standard InChI is InChI=1S/C28H31Cl2N5O4/c1-16-7-9-35(10-8-16)18-5-6-20(17(2)27(31)36)22(11-18)34-28-32-13-19(14-33-28)39-15-21-25(29)23(37-3)12-24(38-4)26(21)30/h5-6,11-14,16H,2,7-10,15H2,1,3-4H3,(H2,31,36)(H,32,33,34). The highest BCUT2D eigenvalue weighted by Crippen LogP contribution is 2.41. The molecular weight excluding hydrogens is 541 g/mol. The van der Waals surface area contributed by atoms with E-state index in [0.29, 0.717) is 56.0 Å². The van der Waals surface area contributed by atoms with Crippen molar-refractivity contribution in [3.8, 4) is 17.2 Å². The third-order valence-electron chi connectivity index (χ3n) is 6.70. The molecule has 206 valence electrons. The molecule has 0 spiro atoms. The third-order valence-corrected chi connectivity index (χ3v) is 7.53. The number of hydrogen-bond donors (Lipinski definition) is 2. The Morgan fingerprint density at radius 2 is 1.72 bits per heavy atom. The molecule has 2 heterocycles. The lowest BCUT2D eigenvalue weighted by Gasteiger charge is -2.32. The number of carbonyl (C=O) groups excluding carboxylic acids is 1. The Kier molecular flexibility index (Phi) is 9.04. The van der Waals surface area contributed by atoms with E-state index in [1.807, 2.05) is 18.2 Å². The van der Waals surface area contributed by atoms with Gasteiger partial charge in [0.05, 0.1) is 42.3 Å². The maximum Gasteiger partial charge on any atom is 0.248 e. The summed E-state index contributed by atoms with van der Waals surface area (Å²) in [6.45, 7) is 8.10. The number of nitrogens with two attached hydrogens (primary N) is 1. The van der Waals surface area contributed by atoms with Gasteiger partial charge in [0.15, 0.2) is 5.75 Å². The molecule has 3 N–H and O–H groups in total. The van der Waals surface area contributed by atoms with Gasteiger partial charge in [0.1, 0.15) is 18.1 Å². The number of ether oxygens (including phenoxy) is 3. The van der Waals surface area contributed by atoms with E-state index in [4.69, 9.17) is 43.1 Å². The third kappa shape index (κ3) is 6.49. The van der Waals surface area contributed by atoms with Crippen LogP contribution >= 0.6 is 23.2 Å². The summed E-state index contributed by atoms with van der Waals surface area (Å²) in [4.78, 5) is 23.0. The van der Waals surface area contributed by atoms with Crippen molar-refractivity contribution >= 4 is 52.0 Å². The Bertz CT molecular complexity index is 1330. The molecule has 1 aromatic heterocycles. The van der Waals surface area contributed by atoms with Gasteiger partial charge in [0.2, 0.25) is 11.9 Å². The van der Waals surface area contributed by atoms with E-state index in [-0.39, 0.29) is 12.2 Å². The minimum absolute atomic E-state index is 0.0421. The van der Waals surface area contributed by atoms with Crippen molar-refractivity contribution in [2.24, 2.45) is 11.7 Å². The fraction of sp³-hybridized carbons (Fsp3) is 0.321. The zero-order chi connectivity index (χ0) is 28.1. The Balaban J connectivity index is 1.53. The second kappa shape index (κ2) is 12.4. The molecule has 39 heavy (non-hydrogen) atoms. The van der Waals surface area contributed by atoms with Gasteiger partial charge in [-0.3, -0.25) is 4.79 Å². The lowest BCUT2D eigenvalue weighted by Crippen LogP contribution is -2.32. The highest BCUT2D eigenvalue weighted by molar-refractivity contribution is 6.37. The quantitative estimate of drug-likeness (QED) is 0.291. The van der Waals surface area contributed by atoms with Crippen molar-refractivity contribution < 1.29 is 19.0 Å². The molecule has 0 radical (unpaired) electrons. The number of aromatic nitrogens is 2. The first-order valence-electron chi connectivity index (χ1n) is 12.4. The smallest absolute Gasteiger partial charge is 0.248 e. The maximum atomic E-state index is 11.9. The van der Waals surface area contributed by atoms with Crippen molar-refractivity contribution in [1.82, 2.24) is 9.97 Å². The molecule has 1 amide bonds. The van der Waals surface area contributed by atoms with E-state index in [0.717, 1.165) is 31.6 Å². The molecule has 1 aliphatic rings. The Labute approximate surface area is 237 Å². The average Bonchev–Trinajstić information content (AvgIpc) is 2.94. The van der Waals surface area contributed by atoms with E-state index >= 15 is 0 Å². The number of amides is 1. The molecular formula is C28H31Cl2N5O4. The predicted octanol–water partition coefficient (Wildman–Crippen LogP) is 5.86. The van der Waals surface area contributed by atoms with E-state index in [1.165, 1.54) is 26.6 Å². The summed E-state index contributed by atoms with van der Waals surface area (Å²) in [6, 6.07) is 7.40. The van der Waals surface area contributed by atoms with Gasteiger partial charge in [0.25, 0.3) is 0 Å². The number of primary amides is 1. The van der Waals surface area contributed by atoms with Crippen LogP contribution < -0.4 is 30.2 Å². The zero-order valence-electron chi connectivity index (χ0n) is 22.1. The van der Waals surface area contributed by atoms with Gasteiger partial charge in [-0.2, -0.15) is 0 Å². The number of nitrogens with zero attached hydrogens (tertiary/aromatic N) is 3. The van der Waals surface area contributed by atoms with Crippen LogP contribution in [0.5, 0.6) is 17.2 Å². The molecule has 2 aromatic carbocycles. The van der Waals surface area contributed by atoms with Gasteiger partial charge in [-0.15, -0.1) is 0 Å².